The summed E-state index contributed by atoms with van der Waals surface area (Å²) in [6, 6.07) is 3.83. The summed E-state index contributed by atoms with van der Waals surface area (Å²) in [5.74, 6) is 0.891. The lowest BCUT2D eigenvalue weighted by Crippen LogP contribution is -2.49. The van der Waals surface area contributed by atoms with Gasteiger partial charge in [-0.3, -0.25) is 4.90 Å². The van der Waals surface area contributed by atoms with Crippen LogP contribution in [0.15, 0.2) is 12.1 Å². The lowest BCUT2D eigenvalue weighted by Gasteiger charge is -2.36. The van der Waals surface area contributed by atoms with E-state index in [4.69, 9.17) is 0 Å². The fourth-order valence-corrected chi connectivity index (χ4v) is 2.81. The fraction of sp³-hybridized carbons (Fsp3) is 0.571. The number of fused-ring (bicyclic) bond motifs is 1. The molecule has 0 atom stereocenters. The Kier molecular flexibility index (Phi) is 3.72. The first kappa shape index (κ1) is 15.1. The van der Waals surface area contributed by atoms with Crippen molar-refractivity contribution >= 4 is 11.5 Å². The van der Waals surface area contributed by atoms with Crippen LogP contribution in [0.25, 0.3) is 5.65 Å². The van der Waals surface area contributed by atoms with Crippen LogP contribution >= 0.6 is 0 Å². The van der Waals surface area contributed by atoms with Crippen LogP contribution in [-0.2, 0) is 0 Å². The van der Waals surface area contributed by atoms with Crippen molar-refractivity contribution in [1.82, 2.24) is 19.5 Å². The Hall–Kier alpha value is -1.83. The molecule has 2 aromatic heterocycles. The Labute approximate surface area is 126 Å². The molecule has 120 valence electrons. The highest BCUT2D eigenvalue weighted by atomic mass is 19.4. The summed E-state index contributed by atoms with van der Waals surface area (Å²) in [7, 11) is 0. The van der Waals surface area contributed by atoms with E-state index in [-0.39, 0.29) is 0 Å². The Bertz CT molecular complexity index is 671. The Morgan fingerprint density at radius 1 is 1.05 bits per heavy atom. The van der Waals surface area contributed by atoms with Crippen LogP contribution in [0.3, 0.4) is 0 Å². The topological polar surface area (TPSA) is 36.7 Å². The van der Waals surface area contributed by atoms with E-state index in [0.717, 1.165) is 22.9 Å². The number of halogens is 3. The number of piperazine rings is 1. The maximum Gasteiger partial charge on any atom is 0.401 e. The first-order chi connectivity index (χ1) is 10.3. The molecule has 0 saturated carbocycles. The maximum absolute atomic E-state index is 12.4. The summed E-state index contributed by atoms with van der Waals surface area (Å²) < 4.78 is 39.1. The number of aromatic nitrogens is 3. The van der Waals surface area contributed by atoms with Crippen molar-refractivity contribution in [3.05, 3.63) is 23.5 Å². The molecule has 5 nitrogen and oxygen atoms in total. The molecule has 0 unspecified atom stereocenters. The minimum Gasteiger partial charge on any atom is -0.354 e. The van der Waals surface area contributed by atoms with Gasteiger partial charge in [0.1, 0.15) is 5.82 Å². The third-order valence-electron chi connectivity index (χ3n) is 3.76. The average molecular weight is 313 g/mol. The molecule has 0 N–H and O–H groups in total. The van der Waals surface area contributed by atoms with Gasteiger partial charge in [0.25, 0.3) is 0 Å². The predicted molar refractivity (Wildman–Crippen MR) is 77.2 cm³/mol. The molecule has 1 aliphatic rings. The second-order valence-electron chi connectivity index (χ2n) is 5.69. The molecule has 0 aromatic carbocycles. The number of rotatable bonds is 2. The van der Waals surface area contributed by atoms with Crippen molar-refractivity contribution < 1.29 is 13.2 Å². The van der Waals surface area contributed by atoms with Gasteiger partial charge in [0.05, 0.1) is 12.2 Å². The number of nitrogens with zero attached hydrogens (tertiary/aromatic N) is 5. The molecule has 8 heteroatoms. The van der Waals surface area contributed by atoms with E-state index in [1.807, 2.05) is 26.0 Å². The van der Waals surface area contributed by atoms with Gasteiger partial charge >= 0.3 is 6.18 Å². The van der Waals surface area contributed by atoms with Crippen LogP contribution in [-0.4, -0.2) is 58.4 Å². The molecule has 0 bridgehead atoms. The van der Waals surface area contributed by atoms with Crippen LogP contribution in [0.5, 0.6) is 0 Å². The van der Waals surface area contributed by atoms with Crippen LogP contribution < -0.4 is 4.90 Å². The second-order valence-corrected chi connectivity index (χ2v) is 5.69. The number of hydrogen-bond donors (Lipinski definition) is 0. The number of anilines is 1. The van der Waals surface area contributed by atoms with E-state index in [0.29, 0.717) is 26.2 Å². The zero-order valence-corrected chi connectivity index (χ0v) is 12.6. The first-order valence-corrected chi connectivity index (χ1v) is 7.20. The predicted octanol–water partition coefficient (Wildman–Crippen LogP) is 2.03. The van der Waals surface area contributed by atoms with Gasteiger partial charge in [-0.15, -0.1) is 0 Å². The van der Waals surface area contributed by atoms with Crippen LogP contribution in [0.1, 0.15) is 11.4 Å². The molecular weight excluding hydrogens is 295 g/mol. The molecule has 0 radical (unpaired) electrons. The van der Waals surface area contributed by atoms with Crippen molar-refractivity contribution in [1.29, 1.82) is 0 Å². The van der Waals surface area contributed by atoms with Gasteiger partial charge in [-0.05, 0) is 13.8 Å². The largest absolute Gasteiger partial charge is 0.401 e. The van der Waals surface area contributed by atoms with E-state index in [2.05, 4.69) is 15.0 Å². The van der Waals surface area contributed by atoms with E-state index in [1.54, 1.807) is 4.52 Å². The smallest absolute Gasteiger partial charge is 0.354 e. The highest BCUT2D eigenvalue weighted by Gasteiger charge is 2.32. The first-order valence-electron chi connectivity index (χ1n) is 7.20. The van der Waals surface area contributed by atoms with Gasteiger partial charge in [0.2, 0.25) is 0 Å². The molecule has 0 amide bonds. The van der Waals surface area contributed by atoms with Gasteiger partial charge in [-0.25, -0.2) is 4.98 Å². The minimum atomic E-state index is -4.14. The molecule has 22 heavy (non-hydrogen) atoms. The molecule has 1 saturated heterocycles. The monoisotopic (exact) mass is 313 g/mol. The van der Waals surface area contributed by atoms with Crippen molar-refractivity contribution in [3.8, 4) is 0 Å². The molecule has 2 aromatic rings. The zero-order chi connectivity index (χ0) is 15.9. The van der Waals surface area contributed by atoms with Gasteiger partial charge in [0.15, 0.2) is 5.65 Å². The van der Waals surface area contributed by atoms with E-state index < -0.39 is 12.7 Å². The molecule has 1 fully saturated rings. The summed E-state index contributed by atoms with van der Waals surface area (Å²) >= 11 is 0. The standard InChI is InChI=1S/C14H18F3N5/c1-10-8-13(22-12(18-10)7-11(2)19-22)21-5-3-20(4-6-21)9-14(15,16)17/h7-8H,3-6,9H2,1-2H3. The summed E-state index contributed by atoms with van der Waals surface area (Å²) in [6.07, 6.45) is -4.14. The Morgan fingerprint density at radius 2 is 1.73 bits per heavy atom. The Morgan fingerprint density at radius 3 is 2.36 bits per heavy atom. The van der Waals surface area contributed by atoms with Gasteiger partial charge in [0, 0.05) is 44.0 Å². The second kappa shape index (κ2) is 5.42. The molecule has 3 heterocycles. The van der Waals surface area contributed by atoms with Crippen LogP contribution in [0.4, 0.5) is 19.0 Å². The summed E-state index contributed by atoms with van der Waals surface area (Å²) in [4.78, 5) is 7.94. The summed E-state index contributed by atoms with van der Waals surface area (Å²) in [6.45, 7) is 4.85. The molecule has 1 aliphatic heterocycles. The molecule has 0 spiro atoms. The van der Waals surface area contributed by atoms with Crippen molar-refractivity contribution in [2.24, 2.45) is 0 Å². The van der Waals surface area contributed by atoms with E-state index in [1.165, 1.54) is 4.90 Å². The van der Waals surface area contributed by atoms with Gasteiger partial charge < -0.3 is 4.90 Å². The molecule has 3 rings (SSSR count). The lowest BCUT2D eigenvalue weighted by molar-refractivity contribution is -0.146. The quantitative estimate of drug-likeness (QED) is 0.850. The maximum atomic E-state index is 12.4. The highest BCUT2D eigenvalue weighted by molar-refractivity contribution is 5.52. The van der Waals surface area contributed by atoms with Crippen molar-refractivity contribution in [2.45, 2.75) is 20.0 Å². The number of hydrogen-bond acceptors (Lipinski definition) is 4. The minimum absolute atomic E-state index is 0.391. The third-order valence-corrected chi connectivity index (χ3v) is 3.76. The van der Waals surface area contributed by atoms with E-state index >= 15 is 0 Å². The average Bonchev–Trinajstić information content (AvgIpc) is 2.77. The zero-order valence-electron chi connectivity index (χ0n) is 12.6. The normalized spacial score (nSPS) is 17.4. The van der Waals surface area contributed by atoms with Gasteiger partial charge in [-0.2, -0.15) is 22.8 Å². The van der Waals surface area contributed by atoms with Crippen LogP contribution in [0.2, 0.25) is 0 Å². The Balaban J connectivity index is 1.79. The summed E-state index contributed by atoms with van der Waals surface area (Å²) in [5.41, 5.74) is 2.51. The lowest BCUT2D eigenvalue weighted by atomic mass is 10.3. The van der Waals surface area contributed by atoms with Crippen molar-refractivity contribution in [3.63, 3.8) is 0 Å². The number of aryl methyl sites for hydroxylation is 2. The fourth-order valence-electron chi connectivity index (χ4n) is 2.81. The van der Waals surface area contributed by atoms with Crippen molar-refractivity contribution in [2.75, 3.05) is 37.6 Å². The van der Waals surface area contributed by atoms with E-state index in [9.17, 15) is 13.2 Å². The third kappa shape index (κ3) is 3.16. The number of alkyl halides is 3. The van der Waals surface area contributed by atoms with Crippen LogP contribution in [0, 0.1) is 13.8 Å². The molecular formula is C14H18F3N5. The van der Waals surface area contributed by atoms with Gasteiger partial charge in [-0.1, -0.05) is 0 Å². The highest BCUT2D eigenvalue weighted by Crippen LogP contribution is 2.22. The summed E-state index contributed by atoms with van der Waals surface area (Å²) in [5, 5.41) is 4.43. The molecule has 0 aliphatic carbocycles. The SMILES string of the molecule is Cc1cc(N2CCN(CC(F)(F)F)CC2)n2nc(C)cc2n1.